The van der Waals surface area contributed by atoms with Crippen LogP contribution in [0.3, 0.4) is 0 Å². The molecule has 0 aromatic rings. The first-order chi connectivity index (χ1) is 11.5. The second-order valence-corrected chi connectivity index (χ2v) is 5.10. The van der Waals surface area contributed by atoms with E-state index in [2.05, 4.69) is 0 Å². The standard InChI is InChI=1S/C12H8F12N2/c13-5(7(15)16)6(14)11(21,22)12(23,24)8(17)9(3-25,4-26)1-2-10(18,19)20/h5-8H,1-2H2. The Kier molecular flexibility index (Phi) is 7.24. The van der Waals surface area contributed by atoms with Crippen LogP contribution in [-0.4, -0.2) is 43.0 Å². The minimum Gasteiger partial charge on any atom is -0.238 e. The minimum absolute atomic E-state index is 0.393. The van der Waals surface area contributed by atoms with Gasteiger partial charge in [-0.05, 0) is 6.42 Å². The zero-order valence-corrected chi connectivity index (χ0v) is 12.2. The Morgan fingerprint density at radius 3 is 1.42 bits per heavy atom. The molecule has 0 amide bonds. The molecule has 0 aromatic carbocycles. The summed E-state index contributed by atoms with van der Waals surface area (Å²) in [4.78, 5) is 0. The summed E-state index contributed by atoms with van der Waals surface area (Å²) in [7, 11) is 0. The van der Waals surface area contributed by atoms with Crippen molar-refractivity contribution >= 4 is 0 Å². The zero-order valence-electron chi connectivity index (χ0n) is 12.2. The smallest absolute Gasteiger partial charge is 0.238 e. The van der Waals surface area contributed by atoms with Gasteiger partial charge in [0.15, 0.2) is 11.6 Å². The SMILES string of the molecule is N#CC(C#N)(CCC(F)(F)F)C(F)C(F)(F)C(F)(F)C(F)C(F)C(F)F. The molecule has 0 fully saturated rings. The van der Waals surface area contributed by atoms with E-state index in [1.807, 2.05) is 0 Å². The average Bonchev–Trinajstić information content (AvgIpc) is 2.53. The summed E-state index contributed by atoms with van der Waals surface area (Å²) in [6, 6.07) is 0.786. The van der Waals surface area contributed by atoms with Gasteiger partial charge in [-0.2, -0.15) is 41.3 Å². The van der Waals surface area contributed by atoms with Crippen molar-refractivity contribution < 1.29 is 52.7 Å². The fraction of sp³-hybridized carbons (Fsp3) is 0.833. The van der Waals surface area contributed by atoms with Crippen molar-refractivity contribution in [2.75, 3.05) is 0 Å². The molecule has 0 aliphatic heterocycles. The lowest BCUT2D eigenvalue weighted by Gasteiger charge is -2.36. The van der Waals surface area contributed by atoms with Crippen LogP contribution in [0.1, 0.15) is 12.8 Å². The summed E-state index contributed by atoms with van der Waals surface area (Å²) in [5, 5.41) is 17.1. The van der Waals surface area contributed by atoms with Crippen LogP contribution in [-0.2, 0) is 0 Å². The van der Waals surface area contributed by atoms with Crippen LogP contribution >= 0.6 is 0 Å². The maximum atomic E-state index is 13.9. The lowest BCUT2D eigenvalue weighted by molar-refractivity contribution is -0.285. The third-order valence-electron chi connectivity index (χ3n) is 3.26. The molecule has 3 atom stereocenters. The number of halogens is 12. The number of alkyl halides is 12. The Morgan fingerprint density at radius 1 is 0.692 bits per heavy atom. The predicted octanol–water partition coefficient (Wildman–Crippen LogP) is 4.91. The first-order valence-electron chi connectivity index (χ1n) is 6.35. The third kappa shape index (κ3) is 4.65. The molecule has 26 heavy (non-hydrogen) atoms. The van der Waals surface area contributed by atoms with Crippen molar-refractivity contribution in [1.29, 1.82) is 10.5 Å². The highest BCUT2D eigenvalue weighted by Crippen LogP contribution is 2.50. The van der Waals surface area contributed by atoms with Crippen molar-refractivity contribution in [2.24, 2.45) is 5.41 Å². The third-order valence-corrected chi connectivity index (χ3v) is 3.26. The van der Waals surface area contributed by atoms with Crippen molar-refractivity contribution in [3.8, 4) is 12.1 Å². The molecule has 14 heteroatoms. The summed E-state index contributed by atoms with van der Waals surface area (Å²) in [6.07, 6.45) is -28.2. The number of nitrogens with zero attached hydrogens (tertiary/aromatic N) is 2. The van der Waals surface area contributed by atoms with Crippen LogP contribution < -0.4 is 0 Å². The van der Waals surface area contributed by atoms with Gasteiger partial charge in [0.1, 0.15) is 0 Å². The Labute approximate surface area is 138 Å². The minimum atomic E-state index is -6.50. The monoisotopic (exact) mass is 408 g/mol. The molecular formula is C12H8F12N2. The van der Waals surface area contributed by atoms with Crippen molar-refractivity contribution in [3.05, 3.63) is 0 Å². The largest absolute Gasteiger partial charge is 0.389 e. The molecule has 3 unspecified atom stereocenters. The van der Waals surface area contributed by atoms with E-state index in [9.17, 15) is 52.7 Å². The molecule has 2 nitrogen and oxygen atoms in total. The summed E-state index contributed by atoms with van der Waals surface area (Å²) in [5.41, 5.74) is -4.03. The van der Waals surface area contributed by atoms with Crippen LogP contribution in [0.25, 0.3) is 0 Å². The van der Waals surface area contributed by atoms with Gasteiger partial charge in [-0.3, -0.25) is 0 Å². The van der Waals surface area contributed by atoms with Gasteiger partial charge in [-0.1, -0.05) is 0 Å². The van der Waals surface area contributed by atoms with Crippen LogP contribution in [0.2, 0.25) is 0 Å². The van der Waals surface area contributed by atoms with Gasteiger partial charge >= 0.3 is 18.0 Å². The van der Waals surface area contributed by atoms with Gasteiger partial charge in [-0.25, -0.2) is 22.0 Å². The van der Waals surface area contributed by atoms with E-state index in [0.717, 1.165) is 0 Å². The van der Waals surface area contributed by atoms with Crippen LogP contribution in [0, 0.1) is 28.1 Å². The van der Waals surface area contributed by atoms with E-state index in [4.69, 9.17) is 10.5 Å². The Morgan fingerprint density at radius 2 is 1.12 bits per heavy atom. The normalized spacial score (nSPS) is 17.3. The fourth-order valence-electron chi connectivity index (χ4n) is 1.71. The molecule has 0 spiro atoms. The molecule has 0 bridgehead atoms. The molecular weight excluding hydrogens is 400 g/mol. The van der Waals surface area contributed by atoms with E-state index in [-0.39, 0.29) is 0 Å². The van der Waals surface area contributed by atoms with Crippen molar-refractivity contribution in [3.63, 3.8) is 0 Å². The second kappa shape index (κ2) is 7.80. The molecule has 0 saturated carbocycles. The molecule has 0 N–H and O–H groups in total. The Hall–Kier alpha value is -1.86. The molecule has 0 rings (SSSR count). The highest BCUT2D eigenvalue weighted by Gasteiger charge is 2.73. The number of hydrogen-bond donors (Lipinski definition) is 0. The summed E-state index contributed by atoms with van der Waals surface area (Å²) < 4.78 is 154. The number of hydrogen-bond acceptors (Lipinski definition) is 2. The highest BCUT2D eigenvalue weighted by atomic mass is 19.4. The topological polar surface area (TPSA) is 47.6 Å². The fourth-order valence-corrected chi connectivity index (χ4v) is 1.71. The lowest BCUT2D eigenvalue weighted by Crippen LogP contribution is -2.60. The van der Waals surface area contributed by atoms with E-state index in [1.165, 1.54) is 0 Å². The quantitative estimate of drug-likeness (QED) is 0.536. The molecule has 0 saturated heterocycles. The molecule has 0 aliphatic carbocycles. The number of rotatable bonds is 8. The van der Waals surface area contributed by atoms with Gasteiger partial charge in [0.2, 0.25) is 12.3 Å². The van der Waals surface area contributed by atoms with Crippen molar-refractivity contribution in [2.45, 2.75) is 55.8 Å². The highest BCUT2D eigenvalue weighted by molar-refractivity contribution is 5.22. The zero-order chi connectivity index (χ0) is 21.1. The summed E-state index contributed by atoms with van der Waals surface area (Å²) >= 11 is 0. The van der Waals surface area contributed by atoms with Crippen LogP contribution in [0.5, 0.6) is 0 Å². The van der Waals surface area contributed by atoms with Gasteiger partial charge in [0.05, 0.1) is 12.1 Å². The van der Waals surface area contributed by atoms with Crippen molar-refractivity contribution in [1.82, 2.24) is 0 Å². The first-order valence-corrected chi connectivity index (χ1v) is 6.35. The maximum Gasteiger partial charge on any atom is 0.389 e. The van der Waals surface area contributed by atoms with E-state index >= 15 is 0 Å². The predicted molar refractivity (Wildman–Crippen MR) is 59.5 cm³/mol. The van der Waals surface area contributed by atoms with E-state index in [0.29, 0.717) is 12.1 Å². The molecule has 0 heterocycles. The molecule has 0 aromatic heterocycles. The molecule has 150 valence electrons. The number of nitriles is 2. The van der Waals surface area contributed by atoms with Gasteiger partial charge in [-0.15, -0.1) is 0 Å². The summed E-state index contributed by atoms with van der Waals surface area (Å²) in [6.45, 7) is 0. The Bertz CT molecular complexity index is 544. The van der Waals surface area contributed by atoms with Gasteiger partial charge < -0.3 is 0 Å². The Balaban J connectivity index is 5.92. The maximum absolute atomic E-state index is 13.9. The van der Waals surface area contributed by atoms with Gasteiger partial charge in [0, 0.05) is 6.42 Å². The van der Waals surface area contributed by atoms with E-state index < -0.39 is 61.2 Å². The van der Waals surface area contributed by atoms with E-state index in [1.54, 1.807) is 0 Å². The van der Waals surface area contributed by atoms with Crippen LogP contribution in [0.15, 0.2) is 0 Å². The molecule has 0 radical (unpaired) electrons. The average molecular weight is 408 g/mol. The van der Waals surface area contributed by atoms with Gasteiger partial charge in [0.25, 0.3) is 6.43 Å². The van der Waals surface area contributed by atoms with Crippen LogP contribution in [0.4, 0.5) is 52.7 Å². The summed E-state index contributed by atoms with van der Waals surface area (Å²) in [5.74, 6) is -13.0. The first kappa shape index (κ1) is 24.1. The molecule has 0 aliphatic rings. The second-order valence-electron chi connectivity index (χ2n) is 5.10. The lowest BCUT2D eigenvalue weighted by atomic mass is 9.76.